The smallest absolute Gasteiger partial charge is 0.269 e. The van der Waals surface area contributed by atoms with Crippen LogP contribution >= 0.6 is 0 Å². The number of nitro benzene ring substituents is 2. The maximum atomic E-state index is 15.9. The number of nitrogens with one attached hydrogen (secondary N) is 2. The number of hydrogen-bond donors (Lipinski definition) is 2. The van der Waals surface area contributed by atoms with Crippen LogP contribution in [0.5, 0.6) is 0 Å². The van der Waals surface area contributed by atoms with Gasteiger partial charge in [0.25, 0.3) is 11.4 Å². The summed E-state index contributed by atoms with van der Waals surface area (Å²) in [4.78, 5) is 36.2. The first-order valence-electron chi connectivity index (χ1n) is 18.2. The topological polar surface area (TPSA) is 143 Å². The molecule has 318 valence electrons. The lowest BCUT2D eigenvalue weighted by molar-refractivity contribution is -0.385. The Bertz CT molecular complexity index is 3380. The minimum absolute atomic E-state index is 0.0128. The van der Waals surface area contributed by atoms with Crippen molar-refractivity contribution in [2.75, 3.05) is 0 Å². The summed E-state index contributed by atoms with van der Waals surface area (Å²) in [6, 6.07) is 13.2. The zero-order valence-corrected chi connectivity index (χ0v) is 31.4. The van der Waals surface area contributed by atoms with E-state index in [1.807, 2.05) is 0 Å². The molecule has 0 spiro atoms. The van der Waals surface area contributed by atoms with Crippen LogP contribution in [0.1, 0.15) is 33.5 Å². The molecule has 4 aromatic carbocycles. The van der Waals surface area contributed by atoms with Gasteiger partial charge in [0.1, 0.15) is 0 Å². The molecule has 20 heteroatoms. The van der Waals surface area contributed by atoms with Gasteiger partial charge < -0.3 is 9.97 Å². The fourth-order valence-electron chi connectivity index (χ4n) is 7.53. The van der Waals surface area contributed by atoms with Crippen LogP contribution in [0.15, 0.2) is 118 Å². The van der Waals surface area contributed by atoms with Crippen molar-refractivity contribution < 1.29 is 53.8 Å². The summed E-state index contributed by atoms with van der Waals surface area (Å²) < 4.78 is 152. The van der Waals surface area contributed by atoms with Gasteiger partial charge in [-0.1, -0.05) is 0 Å². The van der Waals surface area contributed by atoms with Gasteiger partial charge in [0.2, 0.25) is 11.6 Å². The molecule has 0 fully saturated rings. The summed E-state index contributed by atoms with van der Waals surface area (Å²) in [5, 5.41) is 22.8. The maximum Gasteiger partial charge on any atom is 0.269 e. The number of halogens is 10. The van der Waals surface area contributed by atoms with E-state index >= 15 is 17.6 Å². The second-order valence-electron chi connectivity index (χ2n) is 14.0. The molecule has 3 aliphatic heterocycles. The van der Waals surface area contributed by atoms with Crippen LogP contribution < -0.4 is 10.7 Å². The first-order valence-corrected chi connectivity index (χ1v) is 18.2. The van der Waals surface area contributed by atoms with E-state index in [0.717, 1.165) is 30.5 Å². The lowest BCUT2D eigenvalue weighted by Gasteiger charge is -2.13. The van der Waals surface area contributed by atoms with Gasteiger partial charge in [-0.25, -0.2) is 48.9 Å². The standard InChI is InChI=1S/C44H18F10N6O4/c45-35-33(36(46)40(50)43(53)39(35)49)31-25-11-9-23(57-25)29(17-1-5-21(6-2-17)59(61)62)19-13-27(55-15-19)32(34-37(47)41(51)44(54)42(52)38(34)48)28-14-20(16-56-28)30(24-10-12-26(31)58-24)18-3-7-22(8-4-18)60(63)64/h1-16,55,58H. The summed E-state index contributed by atoms with van der Waals surface area (Å²) in [7, 11) is 0. The molecule has 2 N–H and O–H groups in total. The zero-order valence-electron chi connectivity index (χ0n) is 31.4. The van der Waals surface area contributed by atoms with Gasteiger partial charge in [0.05, 0.1) is 38.1 Å². The van der Waals surface area contributed by atoms with Crippen LogP contribution in [-0.2, 0) is 0 Å². The number of fused-ring (bicyclic) bond motifs is 6. The number of aliphatic imine (C=N–C) groups is 2. The van der Waals surface area contributed by atoms with E-state index in [1.165, 1.54) is 66.9 Å². The fraction of sp³-hybridized carbons (Fsp3) is 0. The Kier molecular flexibility index (Phi) is 9.72. The molecule has 9 rings (SSSR count). The molecule has 10 nitrogen and oxygen atoms in total. The van der Waals surface area contributed by atoms with Crippen LogP contribution in [0, 0.1) is 78.4 Å². The van der Waals surface area contributed by atoms with Crippen molar-refractivity contribution in [2.45, 2.75) is 0 Å². The first-order chi connectivity index (χ1) is 30.5. The van der Waals surface area contributed by atoms with Gasteiger partial charge >= 0.3 is 0 Å². The Morgan fingerprint density at radius 2 is 0.969 bits per heavy atom. The minimum Gasteiger partial charge on any atom is -0.360 e. The Hall–Kier alpha value is -8.42. The minimum atomic E-state index is -2.44. The number of rotatable bonds is 6. The summed E-state index contributed by atoms with van der Waals surface area (Å²) in [6.07, 6.45) is 5.94. The van der Waals surface area contributed by atoms with Crippen molar-refractivity contribution in [2.24, 2.45) is 9.98 Å². The highest BCUT2D eigenvalue weighted by molar-refractivity contribution is 6.30. The second-order valence-corrected chi connectivity index (χ2v) is 14.0. The third kappa shape index (κ3) is 6.45. The largest absolute Gasteiger partial charge is 0.360 e. The number of non-ortho nitro benzene ring substituents is 2. The summed E-state index contributed by atoms with van der Waals surface area (Å²) in [5.74, 6) is -22.9. The molecule has 6 aromatic rings. The molecule has 0 radical (unpaired) electrons. The van der Waals surface area contributed by atoms with Crippen LogP contribution in [0.2, 0.25) is 0 Å². The molecule has 8 bridgehead atoms. The normalized spacial score (nSPS) is 14.5. The van der Waals surface area contributed by atoms with Crippen LogP contribution in [-0.4, -0.2) is 31.7 Å². The second kappa shape index (κ2) is 15.2. The lowest BCUT2D eigenvalue weighted by atomic mass is 9.94. The third-order valence-electron chi connectivity index (χ3n) is 10.5. The Labute approximate surface area is 349 Å². The molecule has 3 aliphatic rings. The van der Waals surface area contributed by atoms with Crippen molar-refractivity contribution in [1.29, 1.82) is 0 Å². The van der Waals surface area contributed by atoms with Crippen molar-refractivity contribution in [3.8, 4) is 0 Å². The van der Waals surface area contributed by atoms with Crippen molar-refractivity contribution in [3.63, 3.8) is 0 Å². The Balaban J connectivity index is 1.46. The van der Waals surface area contributed by atoms with Crippen molar-refractivity contribution in [3.05, 3.63) is 231 Å². The maximum absolute atomic E-state index is 15.9. The predicted molar refractivity (Wildman–Crippen MR) is 210 cm³/mol. The predicted octanol–water partition coefficient (Wildman–Crippen LogP) is 9.20. The first kappa shape index (κ1) is 41.0. The van der Waals surface area contributed by atoms with E-state index in [-0.39, 0.29) is 66.9 Å². The molecule has 2 aromatic heterocycles. The molecule has 0 amide bonds. The van der Waals surface area contributed by atoms with E-state index in [1.54, 1.807) is 0 Å². The van der Waals surface area contributed by atoms with E-state index in [2.05, 4.69) is 20.0 Å². The van der Waals surface area contributed by atoms with Gasteiger partial charge in [0.15, 0.2) is 46.5 Å². The highest BCUT2D eigenvalue weighted by atomic mass is 19.2. The molecule has 0 atom stereocenters. The molecule has 0 unspecified atom stereocenters. The highest BCUT2D eigenvalue weighted by Gasteiger charge is 2.34. The van der Waals surface area contributed by atoms with E-state index in [4.69, 9.17) is 0 Å². The number of H-pyrrole nitrogens is 2. The molecular formula is C44H18F10N6O4. The molecule has 64 heavy (non-hydrogen) atoms. The monoisotopic (exact) mass is 884 g/mol. The summed E-state index contributed by atoms with van der Waals surface area (Å²) in [5.41, 5.74) is -5.60. The van der Waals surface area contributed by atoms with Gasteiger partial charge in [-0.2, -0.15) is 0 Å². The number of hydrogen-bond acceptors (Lipinski definition) is 6. The van der Waals surface area contributed by atoms with Gasteiger partial charge in [-0.3, -0.25) is 25.2 Å². The molecule has 0 aliphatic carbocycles. The van der Waals surface area contributed by atoms with E-state index in [0.29, 0.717) is 0 Å². The number of nitrogens with zero attached hydrogens (tertiary/aromatic N) is 4. The average molecular weight is 885 g/mol. The molecule has 0 saturated carbocycles. The van der Waals surface area contributed by atoms with Crippen LogP contribution in [0.25, 0.3) is 22.3 Å². The van der Waals surface area contributed by atoms with Crippen molar-refractivity contribution in [1.82, 2.24) is 9.97 Å². The van der Waals surface area contributed by atoms with Crippen LogP contribution in [0.3, 0.4) is 0 Å². The molecule has 0 saturated heterocycles. The fourth-order valence-corrected chi connectivity index (χ4v) is 7.53. The van der Waals surface area contributed by atoms with E-state index < -0.39 is 102 Å². The van der Waals surface area contributed by atoms with Crippen LogP contribution in [0.4, 0.5) is 55.3 Å². The Morgan fingerprint density at radius 3 is 1.48 bits per heavy atom. The Morgan fingerprint density at radius 1 is 0.500 bits per heavy atom. The molecular weight excluding hydrogens is 867 g/mol. The number of aromatic nitrogens is 2. The summed E-state index contributed by atoms with van der Waals surface area (Å²) in [6.45, 7) is 0. The quantitative estimate of drug-likeness (QED) is 0.0566. The highest BCUT2D eigenvalue weighted by Crippen LogP contribution is 2.41. The van der Waals surface area contributed by atoms with Crippen molar-refractivity contribution >= 4 is 45.6 Å². The number of aromatic amines is 2. The van der Waals surface area contributed by atoms with Gasteiger partial charge in [0, 0.05) is 86.5 Å². The van der Waals surface area contributed by atoms with Gasteiger partial charge in [-0.05, 0) is 71.8 Å². The molecule has 5 heterocycles. The lowest BCUT2D eigenvalue weighted by Crippen LogP contribution is -2.22. The SMILES string of the molecule is O=[N+]([O-])c1ccc(C2=C3C=CC(=N3)C(c3c(F)c(F)c(F)c(F)c3F)=c3ccc([nH]3)=C(c3ccc([N+](=O)[O-])cc3)C3=CC(=C(c4c(F)c(F)c(F)c(F)c4F)c4cc2c[nH]4)N=C3)cc1. The summed E-state index contributed by atoms with van der Waals surface area (Å²) >= 11 is 0. The number of nitro groups is 2. The number of benzene rings is 4. The van der Waals surface area contributed by atoms with Gasteiger partial charge in [-0.15, -0.1) is 0 Å². The third-order valence-corrected chi connectivity index (χ3v) is 10.5. The number of allylic oxidation sites excluding steroid dienone is 4. The zero-order chi connectivity index (χ0) is 45.5. The average Bonchev–Trinajstić information content (AvgIpc) is 4.14. The van der Waals surface area contributed by atoms with E-state index in [9.17, 15) is 46.6 Å².